The highest BCUT2D eigenvalue weighted by Crippen LogP contribution is 2.34. The maximum Gasteiger partial charge on any atom is 0.411 e. The molecular weight excluding hydrogens is 481 g/mol. The van der Waals surface area contributed by atoms with Gasteiger partial charge >= 0.3 is 6.09 Å². The Bertz CT molecular complexity index is 1210. The van der Waals surface area contributed by atoms with Crippen LogP contribution >= 0.6 is 11.3 Å². The predicted octanol–water partition coefficient (Wildman–Crippen LogP) is 5.36. The highest BCUT2D eigenvalue weighted by molar-refractivity contribution is 7.12. The van der Waals surface area contributed by atoms with Gasteiger partial charge in [-0.2, -0.15) is 0 Å². The van der Waals surface area contributed by atoms with Crippen molar-refractivity contribution in [2.24, 2.45) is 5.92 Å². The molecule has 188 valence electrons. The molecule has 2 atom stereocenters. The number of benzene rings is 2. The standard InChI is InChI=1S/C27H28FN3O4S/c1-17(2)12-13-29-26(33)23-24(35-27(34)31(23)16-18-5-3-6-20(28)15-18)19-8-10-21(11-9-19)30-25(32)22-7-4-14-36-22/h3-11,14-15,17,23-24H,12-13,16H2,1-2H3,(H,29,33)(H,30,32)/t23-,24-/m0/s1. The third-order valence-corrected chi connectivity index (χ3v) is 6.73. The van der Waals surface area contributed by atoms with Crippen LogP contribution in [0.15, 0.2) is 66.0 Å². The van der Waals surface area contributed by atoms with Crippen molar-refractivity contribution in [1.29, 1.82) is 0 Å². The molecular formula is C27H28FN3O4S. The van der Waals surface area contributed by atoms with E-state index in [9.17, 15) is 18.8 Å². The van der Waals surface area contributed by atoms with Gasteiger partial charge < -0.3 is 15.4 Å². The van der Waals surface area contributed by atoms with Crippen LogP contribution in [-0.2, 0) is 16.1 Å². The number of amides is 3. The van der Waals surface area contributed by atoms with Crippen molar-refractivity contribution in [3.63, 3.8) is 0 Å². The van der Waals surface area contributed by atoms with Gasteiger partial charge in [0, 0.05) is 12.2 Å². The monoisotopic (exact) mass is 509 g/mol. The Hall–Kier alpha value is -3.72. The largest absolute Gasteiger partial charge is 0.438 e. The second kappa shape index (κ2) is 11.3. The number of nitrogens with zero attached hydrogens (tertiary/aromatic N) is 1. The Labute approximate surface area is 213 Å². The fraction of sp³-hybridized carbons (Fsp3) is 0.296. The molecule has 0 aliphatic carbocycles. The van der Waals surface area contributed by atoms with E-state index in [4.69, 9.17) is 4.74 Å². The lowest BCUT2D eigenvalue weighted by Crippen LogP contribution is -2.46. The minimum Gasteiger partial charge on any atom is -0.438 e. The van der Waals surface area contributed by atoms with E-state index in [2.05, 4.69) is 24.5 Å². The normalized spacial score (nSPS) is 17.2. The molecule has 2 N–H and O–H groups in total. The molecule has 1 aromatic heterocycles. The molecule has 0 bridgehead atoms. The number of thiophene rings is 1. The van der Waals surface area contributed by atoms with Crippen LogP contribution in [0.5, 0.6) is 0 Å². The molecule has 2 aromatic carbocycles. The molecule has 0 unspecified atom stereocenters. The van der Waals surface area contributed by atoms with Gasteiger partial charge in [0.2, 0.25) is 5.91 Å². The summed E-state index contributed by atoms with van der Waals surface area (Å²) in [6.45, 7) is 4.62. The SMILES string of the molecule is CC(C)CCNC(=O)[C@@H]1[C@H](c2ccc(NC(=O)c3cccs3)cc2)OC(=O)N1Cc1cccc(F)c1. The number of carbonyl (C=O) groups excluding carboxylic acids is 3. The van der Waals surface area contributed by atoms with E-state index in [1.54, 1.807) is 48.5 Å². The molecule has 4 rings (SSSR count). The Balaban J connectivity index is 1.54. The van der Waals surface area contributed by atoms with Gasteiger partial charge in [-0.15, -0.1) is 11.3 Å². The summed E-state index contributed by atoms with van der Waals surface area (Å²) in [5, 5.41) is 7.57. The van der Waals surface area contributed by atoms with Gasteiger partial charge in [-0.1, -0.05) is 44.2 Å². The summed E-state index contributed by atoms with van der Waals surface area (Å²) in [7, 11) is 0. The van der Waals surface area contributed by atoms with Crippen LogP contribution in [0.1, 0.15) is 47.2 Å². The van der Waals surface area contributed by atoms with E-state index in [0.29, 0.717) is 34.2 Å². The number of halogens is 1. The van der Waals surface area contributed by atoms with E-state index in [1.165, 1.54) is 28.4 Å². The van der Waals surface area contributed by atoms with Gasteiger partial charge in [0.15, 0.2) is 12.1 Å². The van der Waals surface area contributed by atoms with Crippen LogP contribution < -0.4 is 10.6 Å². The summed E-state index contributed by atoms with van der Waals surface area (Å²) < 4.78 is 19.4. The number of nitrogens with one attached hydrogen (secondary N) is 2. The van der Waals surface area contributed by atoms with E-state index in [-0.39, 0.29) is 18.4 Å². The van der Waals surface area contributed by atoms with E-state index in [1.807, 2.05) is 5.38 Å². The quantitative estimate of drug-likeness (QED) is 0.406. The summed E-state index contributed by atoms with van der Waals surface area (Å²) in [4.78, 5) is 40.4. The Morgan fingerprint density at radius 3 is 2.56 bits per heavy atom. The first-order valence-corrected chi connectivity index (χ1v) is 12.6. The molecule has 1 aliphatic rings. The number of hydrogen-bond acceptors (Lipinski definition) is 5. The number of cyclic esters (lactones) is 1. The summed E-state index contributed by atoms with van der Waals surface area (Å²) in [6, 6.07) is 15.4. The van der Waals surface area contributed by atoms with Crippen molar-refractivity contribution in [2.75, 3.05) is 11.9 Å². The van der Waals surface area contributed by atoms with Gasteiger partial charge in [-0.25, -0.2) is 9.18 Å². The highest BCUT2D eigenvalue weighted by atomic mass is 32.1. The van der Waals surface area contributed by atoms with E-state index in [0.717, 1.165) is 6.42 Å². The smallest absolute Gasteiger partial charge is 0.411 e. The lowest BCUT2D eigenvalue weighted by Gasteiger charge is -2.24. The average molecular weight is 510 g/mol. The molecule has 36 heavy (non-hydrogen) atoms. The van der Waals surface area contributed by atoms with Crippen LogP contribution in [0.4, 0.5) is 14.9 Å². The van der Waals surface area contributed by atoms with Crippen molar-refractivity contribution < 1.29 is 23.5 Å². The molecule has 3 aromatic rings. The molecule has 0 saturated carbocycles. The van der Waals surface area contributed by atoms with Gasteiger partial charge in [0.05, 0.1) is 11.4 Å². The van der Waals surface area contributed by atoms with Crippen molar-refractivity contribution in [1.82, 2.24) is 10.2 Å². The van der Waals surface area contributed by atoms with Gasteiger partial charge in [-0.05, 0) is 59.2 Å². The second-order valence-corrected chi connectivity index (χ2v) is 9.98. The summed E-state index contributed by atoms with van der Waals surface area (Å²) >= 11 is 1.34. The maximum atomic E-state index is 13.8. The van der Waals surface area contributed by atoms with Crippen molar-refractivity contribution in [3.05, 3.63) is 87.9 Å². The van der Waals surface area contributed by atoms with Crippen LogP contribution in [0.25, 0.3) is 0 Å². The van der Waals surface area contributed by atoms with Crippen LogP contribution in [0.3, 0.4) is 0 Å². The Morgan fingerprint density at radius 1 is 1.11 bits per heavy atom. The zero-order valence-electron chi connectivity index (χ0n) is 20.1. The average Bonchev–Trinajstić information content (AvgIpc) is 3.48. The first kappa shape index (κ1) is 25.4. The highest BCUT2D eigenvalue weighted by Gasteiger charge is 2.46. The fourth-order valence-electron chi connectivity index (χ4n) is 3.99. The molecule has 3 amide bonds. The molecule has 2 heterocycles. The van der Waals surface area contributed by atoms with Gasteiger partial charge in [0.25, 0.3) is 5.91 Å². The van der Waals surface area contributed by atoms with Crippen molar-refractivity contribution in [3.8, 4) is 0 Å². The summed E-state index contributed by atoms with van der Waals surface area (Å²) in [6.07, 6.45) is -0.712. The van der Waals surface area contributed by atoms with Crippen LogP contribution in [0.2, 0.25) is 0 Å². The van der Waals surface area contributed by atoms with E-state index < -0.39 is 24.1 Å². The molecule has 1 aliphatic heterocycles. The lowest BCUT2D eigenvalue weighted by atomic mass is 10.00. The molecule has 1 saturated heterocycles. The number of anilines is 1. The van der Waals surface area contributed by atoms with Crippen LogP contribution in [0, 0.1) is 11.7 Å². The minimum absolute atomic E-state index is 0.0321. The Kier molecular flexibility index (Phi) is 8.00. The fourth-order valence-corrected chi connectivity index (χ4v) is 4.61. The number of ether oxygens (including phenoxy) is 1. The van der Waals surface area contributed by atoms with Crippen molar-refractivity contribution >= 4 is 34.9 Å². The second-order valence-electron chi connectivity index (χ2n) is 9.03. The minimum atomic E-state index is -0.931. The molecule has 7 nitrogen and oxygen atoms in total. The third kappa shape index (κ3) is 6.09. The molecule has 1 fully saturated rings. The maximum absolute atomic E-state index is 13.8. The number of hydrogen-bond donors (Lipinski definition) is 2. The van der Waals surface area contributed by atoms with Crippen LogP contribution in [-0.4, -0.2) is 35.4 Å². The molecule has 0 radical (unpaired) electrons. The van der Waals surface area contributed by atoms with Gasteiger partial charge in [0.1, 0.15) is 5.82 Å². The van der Waals surface area contributed by atoms with Crippen molar-refractivity contribution in [2.45, 2.75) is 39.0 Å². The number of rotatable bonds is 9. The Morgan fingerprint density at radius 2 is 1.89 bits per heavy atom. The lowest BCUT2D eigenvalue weighted by molar-refractivity contribution is -0.126. The molecule has 9 heteroatoms. The zero-order valence-corrected chi connectivity index (χ0v) is 20.9. The van der Waals surface area contributed by atoms with E-state index >= 15 is 0 Å². The number of carbonyl (C=O) groups is 3. The summed E-state index contributed by atoms with van der Waals surface area (Å²) in [5.74, 6) is -0.565. The topological polar surface area (TPSA) is 87.7 Å². The molecule has 0 spiro atoms. The summed E-state index contributed by atoms with van der Waals surface area (Å²) in [5.41, 5.74) is 1.75. The first-order chi connectivity index (χ1) is 17.3. The predicted molar refractivity (Wildman–Crippen MR) is 136 cm³/mol. The third-order valence-electron chi connectivity index (χ3n) is 5.86. The van der Waals surface area contributed by atoms with Gasteiger partial charge in [-0.3, -0.25) is 14.5 Å². The first-order valence-electron chi connectivity index (χ1n) is 11.8. The zero-order chi connectivity index (χ0) is 25.7.